The first kappa shape index (κ1) is 21.2. The molecule has 1 aromatic heterocycles. The van der Waals surface area contributed by atoms with Crippen molar-refractivity contribution in [2.24, 2.45) is 0 Å². The number of nitrogens with zero attached hydrogens (tertiary/aromatic N) is 3. The monoisotopic (exact) mass is 413 g/mol. The Morgan fingerprint density at radius 2 is 1.80 bits per heavy atom. The van der Waals surface area contributed by atoms with Crippen LogP contribution in [0.25, 0.3) is 10.9 Å². The predicted octanol–water partition coefficient (Wildman–Crippen LogP) is 3.52. The number of benzene rings is 1. The molecule has 1 atom stereocenters. The summed E-state index contributed by atoms with van der Waals surface area (Å²) in [6.45, 7) is 15.1. The molecule has 2 fully saturated rings. The molecule has 0 radical (unpaired) electrons. The molecular formula is C22H32BN3O4. The summed E-state index contributed by atoms with van der Waals surface area (Å²) >= 11 is 0. The molecule has 1 aromatic carbocycles. The fourth-order valence-electron chi connectivity index (χ4n) is 3.95. The summed E-state index contributed by atoms with van der Waals surface area (Å²) in [7, 11) is -0.524. The largest absolute Gasteiger partial charge is 0.517 e. The summed E-state index contributed by atoms with van der Waals surface area (Å²) in [5, 5.41) is 5.96. The van der Waals surface area contributed by atoms with Gasteiger partial charge in [0.1, 0.15) is 11.2 Å². The lowest BCUT2D eigenvalue weighted by Gasteiger charge is -2.32. The molecule has 2 aromatic rings. The standard InChI is InChI=1S/C22H32BN3O4/c1-20(2,3)28-19(27)25-13-12-15(14-25)26-17-11-9-8-10-16(17)18(24-26)23-29-21(4,5)22(6,7)30-23/h8-11,15H,12-14H2,1-7H3. The van der Waals surface area contributed by atoms with Crippen molar-refractivity contribution in [3.63, 3.8) is 0 Å². The van der Waals surface area contributed by atoms with Gasteiger partial charge in [-0.3, -0.25) is 4.68 Å². The van der Waals surface area contributed by atoms with E-state index in [1.807, 2.05) is 65.3 Å². The zero-order valence-corrected chi connectivity index (χ0v) is 19.1. The second-order valence-corrected chi connectivity index (χ2v) is 10.3. The Bertz CT molecular complexity index is 947. The van der Waals surface area contributed by atoms with Crippen LogP contribution in [0, 0.1) is 0 Å². The highest BCUT2D eigenvalue weighted by Crippen LogP contribution is 2.37. The number of aromatic nitrogens is 2. The molecule has 30 heavy (non-hydrogen) atoms. The number of fused-ring (bicyclic) bond motifs is 1. The fraction of sp³-hybridized carbons (Fsp3) is 0.636. The first-order chi connectivity index (χ1) is 13.9. The van der Waals surface area contributed by atoms with E-state index in [-0.39, 0.29) is 12.1 Å². The molecule has 0 saturated carbocycles. The van der Waals surface area contributed by atoms with Crippen molar-refractivity contribution in [3.8, 4) is 0 Å². The van der Waals surface area contributed by atoms with Gasteiger partial charge in [0.05, 0.1) is 22.8 Å². The second kappa shape index (κ2) is 6.99. The van der Waals surface area contributed by atoms with Gasteiger partial charge in [-0.2, -0.15) is 5.10 Å². The van der Waals surface area contributed by atoms with Crippen LogP contribution < -0.4 is 5.59 Å². The molecule has 0 bridgehead atoms. The van der Waals surface area contributed by atoms with Crippen LogP contribution in [-0.2, 0) is 14.0 Å². The van der Waals surface area contributed by atoms with Crippen LogP contribution in [0.3, 0.4) is 0 Å². The van der Waals surface area contributed by atoms with Crippen molar-refractivity contribution in [2.45, 2.75) is 77.7 Å². The van der Waals surface area contributed by atoms with Crippen LogP contribution in [0.15, 0.2) is 24.3 Å². The zero-order chi connectivity index (χ0) is 21.9. The molecule has 0 N–H and O–H groups in total. The van der Waals surface area contributed by atoms with E-state index in [1.165, 1.54) is 0 Å². The number of carbonyl (C=O) groups excluding carboxylic acids is 1. The Morgan fingerprint density at radius 3 is 2.43 bits per heavy atom. The minimum Gasteiger partial charge on any atom is -0.444 e. The predicted molar refractivity (Wildman–Crippen MR) is 117 cm³/mol. The summed E-state index contributed by atoms with van der Waals surface area (Å²) in [5.74, 6) is 0. The van der Waals surface area contributed by atoms with Crippen molar-refractivity contribution in [3.05, 3.63) is 24.3 Å². The quantitative estimate of drug-likeness (QED) is 0.705. The first-order valence-electron chi connectivity index (χ1n) is 10.7. The lowest BCUT2D eigenvalue weighted by molar-refractivity contribution is 0.00578. The topological polar surface area (TPSA) is 65.8 Å². The van der Waals surface area contributed by atoms with Crippen molar-refractivity contribution >= 4 is 29.7 Å². The SMILES string of the molecule is CC(C)(C)OC(=O)N1CCC(n2nc(B3OC(C)(C)C(C)(C)O3)c3ccccc32)C1. The summed E-state index contributed by atoms with van der Waals surface area (Å²) in [4.78, 5) is 14.3. The number of ether oxygens (including phenoxy) is 1. The Labute approximate surface area is 178 Å². The Kier molecular flexibility index (Phi) is 4.94. The van der Waals surface area contributed by atoms with E-state index in [0.717, 1.165) is 22.9 Å². The Balaban J connectivity index is 1.62. The van der Waals surface area contributed by atoms with Crippen LogP contribution in [0.4, 0.5) is 4.79 Å². The van der Waals surface area contributed by atoms with E-state index in [0.29, 0.717) is 13.1 Å². The number of hydrogen-bond acceptors (Lipinski definition) is 5. The summed E-state index contributed by atoms with van der Waals surface area (Å²) < 4.78 is 20.1. The van der Waals surface area contributed by atoms with Gasteiger partial charge >= 0.3 is 13.2 Å². The lowest BCUT2D eigenvalue weighted by atomic mass is 9.82. The van der Waals surface area contributed by atoms with Gasteiger partial charge in [-0.05, 0) is 61.0 Å². The third kappa shape index (κ3) is 3.71. The molecular weight excluding hydrogens is 381 g/mol. The number of para-hydroxylation sites is 1. The molecule has 2 aliphatic rings. The molecule has 0 aliphatic carbocycles. The molecule has 1 amide bonds. The maximum absolute atomic E-state index is 12.5. The number of likely N-dealkylation sites (tertiary alicyclic amines) is 1. The average molecular weight is 413 g/mol. The minimum atomic E-state index is -0.524. The van der Waals surface area contributed by atoms with Gasteiger partial charge in [0.25, 0.3) is 0 Å². The molecule has 8 heteroatoms. The third-order valence-corrected chi connectivity index (χ3v) is 6.28. The van der Waals surface area contributed by atoms with Gasteiger partial charge < -0.3 is 18.9 Å². The molecule has 7 nitrogen and oxygen atoms in total. The number of carbonyl (C=O) groups is 1. The van der Waals surface area contributed by atoms with Crippen molar-refractivity contribution < 1.29 is 18.8 Å². The highest BCUT2D eigenvalue weighted by atomic mass is 16.7. The van der Waals surface area contributed by atoms with Gasteiger partial charge in [-0.1, -0.05) is 18.2 Å². The molecule has 1 unspecified atom stereocenters. The van der Waals surface area contributed by atoms with Gasteiger partial charge in [0, 0.05) is 18.5 Å². The second-order valence-electron chi connectivity index (χ2n) is 10.3. The van der Waals surface area contributed by atoms with E-state index < -0.39 is 23.9 Å². The Hall–Kier alpha value is -2.06. The van der Waals surface area contributed by atoms with Gasteiger partial charge in [0.2, 0.25) is 0 Å². The van der Waals surface area contributed by atoms with Crippen LogP contribution in [0.1, 0.15) is 60.9 Å². The van der Waals surface area contributed by atoms with Crippen LogP contribution in [0.5, 0.6) is 0 Å². The van der Waals surface area contributed by atoms with E-state index in [4.69, 9.17) is 19.1 Å². The van der Waals surface area contributed by atoms with Crippen LogP contribution in [0.2, 0.25) is 0 Å². The summed E-state index contributed by atoms with van der Waals surface area (Å²) in [6.07, 6.45) is 0.556. The molecule has 3 heterocycles. The number of rotatable bonds is 2. The molecule has 4 rings (SSSR count). The fourth-order valence-corrected chi connectivity index (χ4v) is 3.95. The van der Waals surface area contributed by atoms with E-state index in [9.17, 15) is 4.79 Å². The number of amides is 1. The lowest BCUT2D eigenvalue weighted by Crippen LogP contribution is -2.41. The van der Waals surface area contributed by atoms with Gasteiger partial charge in [0.15, 0.2) is 0 Å². The van der Waals surface area contributed by atoms with Gasteiger partial charge in [-0.25, -0.2) is 4.79 Å². The van der Waals surface area contributed by atoms with Crippen LogP contribution in [-0.4, -0.2) is 57.8 Å². The molecule has 2 aliphatic heterocycles. The maximum atomic E-state index is 12.5. The van der Waals surface area contributed by atoms with Crippen LogP contribution >= 0.6 is 0 Å². The third-order valence-electron chi connectivity index (χ3n) is 6.28. The average Bonchev–Trinajstić information content (AvgIpc) is 3.28. The smallest absolute Gasteiger partial charge is 0.444 e. The van der Waals surface area contributed by atoms with Crippen molar-refractivity contribution in [2.75, 3.05) is 13.1 Å². The van der Waals surface area contributed by atoms with E-state index in [1.54, 1.807) is 4.90 Å². The molecule has 2 saturated heterocycles. The summed E-state index contributed by atoms with van der Waals surface area (Å²) in [5.41, 5.74) is 0.461. The van der Waals surface area contributed by atoms with Crippen molar-refractivity contribution in [1.29, 1.82) is 0 Å². The Morgan fingerprint density at radius 1 is 1.17 bits per heavy atom. The summed E-state index contributed by atoms with van der Waals surface area (Å²) in [6, 6.07) is 8.21. The molecule has 0 spiro atoms. The highest BCUT2D eigenvalue weighted by molar-refractivity contribution is 6.64. The van der Waals surface area contributed by atoms with Gasteiger partial charge in [-0.15, -0.1) is 0 Å². The first-order valence-corrected chi connectivity index (χ1v) is 10.7. The van der Waals surface area contributed by atoms with E-state index in [2.05, 4.69) is 12.1 Å². The maximum Gasteiger partial charge on any atom is 0.517 e. The zero-order valence-electron chi connectivity index (χ0n) is 19.1. The van der Waals surface area contributed by atoms with E-state index >= 15 is 0 Å². The highest BCUT2D eigenvalue weighted by Gasteiger charge is 2.53. The number of hydrogen-bond donors (Lipinski definition) is 0. The normalized spacial score (nSPS) is 23.4. The molecule has 162 valence electrons. The van der Waals surface area contributed by atoms with Crippen molar-refractivity contribution in [1.82, 2.24) is 14.7 Å². The minimum absolute atomic E-state index is 0.0820.